The number of carbonyl (C=O) groups excluding carboxylic acids is 1. The summed E-state index contributed by atoms with van der Waals surface area (Å²) in [4.78, 5) is 18.7. The van der Waals surface area contributed by atoms with Gasteiger partial charge in [0.05, 0.1) is 43.6 Å². The van der Waals surface area contributed by atoms with Crippen molar-refractivity contribution < 1.29 is 27.4 Å². The molecule has 0 N–H and O–H groups in total. The summed E-state index contributed by atoms with van der Waals surface area (Å²) >= 11 is 0. The van der Waals surface area contributed by atoms with Crippen LogP contribution >= 0.6 is 0 Å². The van der Waals surface area contributed by atoms with Gasteiger partial charge in [-0.3, -0.25) is 4.90 Å². The minimum Gasteiger partial charge on any atom is -0.453 e. The second-order valence-corrected chi connectivity index (χ2v) is 9.51. The maximum absolute atomic E-state index is 13.1. The lowest BCUT2D eigenvalue weighted by Crippen LogP contribution is -2.52. The lowest BCUT2D eigenvalue weighted by Gasteiger charge is -2.40. The van der Waals surface area contributed by atoms with Crippen molar-refractivity contribution in [1.29, 1.82) is 0 Å². The van der Waals surface area contributed by atoms with E-state index in [1.54, 1.807) is 9.42 Å². The predicted molar refractivity (Wildman–Crippen MR) is 115 cm³/mol. The molecule has 2 atom stereocenters. The van der Waals surface area contributed by atoms with Crippen LogP contribution in [0.1, 0.15) is 68.6 Å². The number of hydrogen-bond donors (Lipinski definition) is 0. The summed E-state index contributed by atoms with van der Waals surface area (Å²) in [5, 5.41) is 4.74. The van der Waals surface area contributed by atoms with Crippen molar-refractivity contribution in [3.8, 4) is 0 Å². The number of morpholine rings is 1. The zero-order chi connectivity index (χ0) is 23.9. The van der Waals surface area contributed by atoms with Crippen LogP contribution in [0.15, 0.2) is 12.1 Å². The average Bonchev–Trinajstić information content (AvgIpc) is 3.21. The van der Waals surface area contributed by atoms with Crippen LogP contribution in [0.3, 0.4) is 0 Å². The van der Waals surface area contributed by atoms with Gasteiger partial charge in [-0.05, 0) is 44.6 Å². The van der Waals surface area contributed by atoms with E-state index >= 15 is 0 Å². The highest BCUT2D eigenvalue weighted by molar-refractivity contribution is 5.68. The minimum absolute atomic E-state index is 0.0254. The SMILES string of the molecule is COC(=O)N1C[C@H](c2cc(C)nc3cc([C@H]4CC[C@H](C(F)(F)F)CC4)nn23)OC[C@@H]1C(C)C. The smallest absolute Gasteiger partial charge is 0.409 e. The van der Waals surface area contributed by atoms with E-state index in [9.17, 15) is 18.0 Å². The number of amides is 1. The molecule has 2 aliphatic rings. The predicted octanol–water partition coefficient (Wildman–Crippen LogP) is 5.04. The van der Waals surface area contributed by atoms with Gasteiger partial charge in [0.1, 0.15) is 6.10 Å². The molecule has 0 aromatic carbocycles. The molecule has 2 fully saturated rings. The molecule has 2 aromatic heterocycles. The number of halogens is 3. The Kier molecular flexibility index (Phi) is 6.57. The number of rotatable bonds is 3. The molecule has 3 heterocycles. The first-order valence-corrected chi connectivity index (χ1v) is 11.5. The van der Waals surface area contributed by atoms with Gasteiger partial charge >= 0.3 is 12.3 Å². The monoisotopic (exact) mass is 468 g/mol. The standard InChI is InChI=1S/C23H31F3N4O3/c1-13(2)19-12-33-20(11-29(19)22(31)32-4)18-9-14(3)27-21-10-17(28-30(18)21)15-5-7-16(8-6-15)23(24,25)26/h9-10,13,15-16,19-20H,5-8,11-12H2,1-4H3/t15-,16-,19-,20-/m1/s1. The number of methoxy groups -OCH3 is 1. The highest BCUT2D eigenvalue weighted by Crippen LogP contribution is 2.43. The molecule has 0 unspecified atom stereocenters. The average molecular weight is 469 g/mol. The van der Waals surface area contributed by atoms with Crippen molar-refractivity contribution >= 4 is 11.7 Å². The van der Waals surface area contributed by atoms with Crippen molar-refractivity contribution in [3.63, 3.8) is 0 Å². The molecule has 1 aliphatic heterocycles. The molecule has 1 saturated heterocycles. The fourth-order valence-corrected chi connectivity index (χ4v) is 5.02. The van der Waals surface area contributed by atoms with Gasteiger partial charge in [-0.2, -0.15) is 18.3 Å². The van der Waals surface area contributed by atoms with Gasteiger partial charge in [0.15, 0.2) is 5.65 Å². The zero-order valence-electron chi connectivity index (χ0n) is 19.4. The van der Waals surface area contributed by atoms with E-state index in [0.717, 1.165) is 17.1 Å². The Labute approximate surface area is 191 Å². The molecule has 33 heavy (non-hydrogen) atoms. The van der Waals surface area contributed by atoms with Crippen LogP contribution in [0.25, 0.3) is 5.65 Å². The molecule has 1 amide bonds. The first-order valence-electron chi connectivity index (χ1n) is 11.5. The summed E-state index contributed by atoms with van der Waals surface area (Å²) in [6.45, 7) is 6.64. The summed E-state index contributed by atoms with van der Waals surface area (Å²) in [6, 6.07) is 3.66. The maximum Gasteiger partial charge on any atom is 0.409 e. The molecule has 0 radical (unpaired) electrons. The molecule has 7 nitrogen and oxygen atoms in total. The third-order valence-electron chi connectivity index (χ3n) is 6.95. The fraction of sp³-hybridized carbons (Fsp3) is 0.696. The van der Waals surface area contributed by atoms with E-state index in [-0.39, 0.29) is 30.7 Å². The highest BCUT2D eigenvalue weighted by Gasteiger charge is 2.42. The minimum atomic E-state index is -4.13. The highest BCUT2D eigenvalue weighted by atomic mass is 19.4. The van der Waals surface area contributed by atoms with Crippen LogP contribution in [0, 0.1) is 18.8 Å². The van der Waals surface area contributed by atoms with Crippen LogP contribution < -0.4 is 0 Å². The molecule has 1 saturated carbocycles. The number of aromatic nitrogens is 3. The number of nitrogens with zero attached hydrogens (tertiary/aromatic N) is 4. The number of carbonyl (C=O) groups is 1. The van der Waals surface area contributed by atoms with Crippen LogP contribution in [0.4, 0.5) is 18.0 Å². The second kappa shape index (κ2) is 9.12. The van der Waals surface area contributed by atoms with Crippen molar-refractivity contribution in [2.45, 2.75) is 70.7 Å². The van der Waals surface area contributed by atoms with Gasteiger partial charge in [-0.15, -0.1) is 0 Å². The second-order valence-electron chi connectivity index (χ2n) is 9.51. The van der Waals surface area contributed by atoms with Crippen LogP contribution in [0.5, 0.6) is 0 Å². The normalized spacial score (nSPS) is 26.7. The Hall–Kier alpha value is -2.36. The summed E-state index contributed by atoms with van der Waals surface area (Å²) in [7, 11) is 1.37. The van der Waals surface area contributed by atoms with Gasteiger partial charge < -0.3 is 9.47 Å². The van der Waals surface area contributed by atoms with Crippen molar-refractivity contribution in [2.75, 3.05) is 20.3 Å². The molecule has 10 heteroatoms. The van der Waals surface area contributed by atoms with Gasteiger partial charge in [-0.25, -0.2) is 14.3 Å². The lowest BCUT2D eigenvalue weighted by atomic mass is 9.80. The van der Waals surface area contributed by atoms with E-state index in [0.29, 0.717) is 31.6 Å². The molecule has 1 aliphatic carbocycles. The third-order valence-corrected chi connectivity index (χ3v) is 6.95. The first-order chi connectivity index (χ1) is 15.6. The topological polar surface area (TPSA) is 69.0 Å². The first kappa shape index (κ1) is 23.8. The maximum atomic E-state index is 13.1. The molecular formula is C23H31F3N4O3. The summed E-state index contributed by atoms with van der Waals surface area (Å²) in [5.74, 6) is -1.05. The largest absolute Gasteiger partial charge is 0.453 e. The summed E-state index contributed by atoms with van der Waals surface area (Å²) in [6.07, 6.45) is -3.80. The molecular weight excluding hydrogens is 437 g/mol. The Morgan fingerprint density at radius 1 is 1.21 bits per heavy atom. The fourth-order valence-electron chi connectivity index (χ4n) is 5.02. The van der Waals surface area contributed by atoms with Gasteiger partial charge in [0, 0.05) is 17.7 Å². The van der Waals surface area contributed by atoms with E-state index in [2.05, 4.69) is 4.98 Å². The Morgan fingerprint density at radius 3 is 2.52 bits per heavy atom. The van der Waals surface area contributed by atoms with E-state index in [1.165, 1.54) is 7.11 Å². The number of alkyl halides is 3. The Balaban J connectivity index is 1.60. The molecule has 2 aromatic rings. The summed E-state index contributed by atoms with van der Waals surface area (Å²) < 4.78 is 52.0. The third kappa shape index (κ3) is 4.81. The van der Waals surface area contributed by atoms with Gasteiger partial charge in [-0.1, -0.05) is 13.8 Å². The van der Waals surface area contributed by atoms with Crippen molar-refractivity contribution in [1.82, 2.24) is 19.5 Å². The van der Waals surface area contributed by atoms with E-state index < -0.39 is 24.3 Å². The zero-order valence-corrected chi connectivity index (χ0v) is 19.4. The molecule has 182 valence electrons. The van der Waals surface area contributed by atoms with Crippen molar-refractivity contribution in [3.05, 3.63) is 29.2 Å². The van der Waals surface area contributed by atoms with E-state index in [4.69, 9.17) is 14.6 Å². The summed E-state index contributed by atoms with van der Waals surface area (Å²) in [5.41, 5.74) is 2.94. The van der Waals surface area contributed by atoms with E-state index in [1.807, 2.05) is 32.9 Å². The molecule has 0 spiro atoms. The lowest BCUT2D eigenvalue weighted by molar-refractivity contribution is -0.182. The van der Waals surface area contributed by atoms with Gasteiger partial charge in [0.2, 0.25) is 0 Å². The molecule has 4 rings (SSSR count). The van der Waals surface area contributed by atoms with Gasteiger partial charge in [0.25, 0.3) is 0 Å². The Bertz CT molecular complexity index is 999. The number of aryl methyl sites for hydroxylation is 1. The number of hydrogen-bond acceptors (Lipinski definition) is 5. The van der Waals surface area contributed by atoms with Crippen LogP contribution in [-0.4, -0.2) is 58.1 Å². The van der Waals surface area contributed by atoms with Crippen molar-refractivity contribution in [2.24, 2.45) is 11.8 Å². The van der Waals surface area contributed by atoms with Crippen LogP contribution in [0.2, 0.25) is 0 Å². The number of ether oxygens (including phenoxy) is 2. The van der Waals surface area contributed by atoms with Crippen LogP contribution in [-0.2, 0) is 9.47 Å². The Morgan fingerprint density at radius 2 is 1.91 bits per heavy atom. The molecule has 0 bridgehead atoms. The quantitative estimate of drug-likeness (QED) is 0.632. The number of fused-ring (bicyclic) bond motifs is 1.